The Balaban J connectivity index is 0.000000821. The molecule has 2 heterocycles. The average Bonchev–Trinajstić information content (AvgIpc) is 3.41. The van der Waals surface area contributed by atoms with Crippen LogP contribution in [-0.4, -0.2) is 68.7 Å². The van der Waals surface area contributed by atoms with Crippen molar-refractivity contribution in [2.24, 2.45) is 11.8 Å². The number of hydrogen-bond acceptors (Lipinski definition) is 6. The van der Waals surface area contributed by atoms with Gasteiger partial charge >= 0.3 is 0 Å². The number of imidazole rings is 1. The number of aromatic nitrogens is 2. The molecule has 0 spiro atoms. The maximum Gasteiger partial charge on any atom is 0.290 e. The summed E-state index contributed by atoms with van der Waals surface area (Å²) in [5.41, 5.74) is 3.24. The van der Waals surface area contributed by atoms with Crippen LogP contribution in [0.2, 0.25) is 0 Å². The summed E-state index contributed by atoms with van der Waals surface area (Å²) in [5.74, 6) is 1.95. The van der Waals surface area contributed by atoms with Crippen molar-refractivity contribution in [1.29, 1.82) is 0 Å². The second-order valence-electron chi connectivity index (χ2n) is 8.75. The number of aliphatic hydroxyl groups excluding tert-OH is 2. The van der Waals surface area contributed by atoms with E-state index in [1.54, 1.807) is 0 Å². The Morgan fingerprint density at radius 2 is 1.76 bits per heavy atom. The standard InChI is InChI=1S/C24H29N3O3.CH2O2/c28-9-10-30-24-8-4-1-5-17(24)13-26-14-18-11-22(23(29)12-19(18)15-26)27-16-25-20-6-2-3-7-21(20)27;2-1-3/h1-8,16,18-19,22-23,28-29H,9-15H2;1H,(H,2,3)/t18-,19+,22-,23-;/m1./s1. The van der Waals surface area contributed by atoms with Crippen LogP contribution in [0.5, 0.6) is 5.75 Å². The van der Waals surface area contributed by atoms with Crippen molar-refractivity contribution >= 4 is 17.5 Å². The summed E-state index contributed by atoms with van der Waals surface area (Å²) in [5, 5.41) is 26.9. The lowest BCUT2D eigenvalue weighted by atomic mass is 9.77. The molecule has 1 aliphatic heterocycles. The monoisotopic (exact) mass is 453 g/mol. The number of aliphatic hydroxyl groups is 2. The zero-order chi connectivity index (χ0) is 23.2. The van der Waals surface area contributed by atoms with Crippen LogP contribution in [0.4, 0.5) is 0 Å². The molecule has 1 saturated carbocycles. The summed E-state index contributed by atoms with van der Waals surface area (Å²) >= 11 is 0. The second-order valence-corrected chi connectivity index (χ2v) is 8.75. The lowest BCUT2D eigenvalue weighted by Gasteiger charge is -2.36. The van der Waals surface area contributed by atoms with Gasteiger partial charge in [-0.15, -0.1) is 0 Å². The van der Waals surface area contributed by atoms with E-state index in [0.29, 0.717) is 18.4 Å². The van der Waals surface area contributed by atoms with Crippen molar-refractivity contribution in [3.05, 3.63) is 60.4 Å². The Morgan fingerprint density at radius 1 is 1.06 bits per heavy atom. The molecule has 3 aromatic rings. The highest BCUT2D eigenvalue weighted by molar-refractivity contribution is 5.75. The molecule has 2 aromatic carbocycles. The number of rotatable bonds is 6. The molecular formula is C25H31N3O5. The van der Waals surface area contributed by atoms with Crippen molar-refractivity contribution in [1.82, 2.24) is 14.5 Å². The van der Waals surface area contributed by atoms with Crippen LogP contribution < -0.4 is 4.74 Å². The van der Waals surface area contributed by atoms with Gasteiger partial charge in [-0.1, -0.05) is 30.3 Å². The number of benzene rings is 2. The first-order valence-corrected chi connectivity index (χ1v) is 11.4. The molecule has 2 aliphatic rings. The quantitative estimate of drug-likeness (QED) is 0.492. The highest BCUT2D eigenvalue weighted by Gasteiger charge is 2.42. The predicted molar refractivity (Wildman–Crippen MR) is 124 cm³/mol. The Hall–Kier alpha value is -2.94. The van der Waals surface area contributed by atoms with E-state index >= 15 is 0 Å². The number of ether oxygens (including phenoxy) is 1. The summed E-state index contributed by atoms with van der Waals surface area (Å²) in [6.45, 7) is 2.96. The molecule has 0 radical (unpaired) electrons. The first-order chi connectivity index (χ1) is 16.1. The fourth-order valence-corrected chi connectivity index (χ4v) is 5.35. The molecule has 1 aliphatic carbocycles. The maximum atomic E-state index is 11.0. The molecule has 3 N–H and O–H groups in total. The van der Waals surface area contributed by atoms with Crippen LogP contribution in [-0.2, 0) is 11.3 Å². The molecule has 2 fully saturated rings. The maximum absolute atomic E-state index is 11.0. The number of likely N-dealkylation sites (tertiary alicyclic amines) is 1. The summed E-state index contributed by atoms with van der Waals surface area (Å²) in [4.78, 5) is 15.4. The number of fused-ring (bicyclic) bond motifs is 2. The van der Waals surface area contributed by atoms with Crippen LogP contribution in [0.25, 0.3) is 11.0 Å². The van der Waals surface area contributed by atoms with Gasteiger partial charge in [0.05, 0.1) is 36.1 Å². The van der Waals surface area contributed by atoms with Gasteiger partial charge in [-0.3, -0.25) is 9.69 Å². The molecule has 176 valence electrons. The van der Waals surface area contributed by atoms with Crippen molar-refractivity contribution in [2.45, 2.75) is 31.5 Å². The number of hydrogen-bond donors (Lipinski definition) is 3. The summed E-state index contributed by atoms with van der Waals surface area (Å²) < 4.78 is 7.89. The zero-order valence-corrected chi connectivity index (χ0v) is 18.5. The highest BCUT2D eigenvalue weighted by atomic mass is 16.5. The molecule has 1 saturated heterocycles. The molecule has 5 rings (SSSR count). The third kappa shape index (κ3) is 5.19. The van der Waals surface area contributed by atoms with Crippen LogP contribution in [0.3, 0.4) is 0 Å². The lowest BCUT2D eigenvalue weighted by molar-refractivity contribution is -0.122. The van der Waals surface area contributed by atoms with Gasteiger partial charge in [0.25, 0.3) is 6.47 Å². The van der Waals surface area contributed by atoms with E-state index in [2.05, 4.69) is 26.6 Å². The Bertz CT molecular complexity index is 1060. The predicted octanol–water partition coefficient (Wildman–Crippen LogP) is 2.55. The minimum absolute atomic E-state index is 0.0183. The molecule has 1 aromatic heterocycles. The number of nitrogens with zero attached hydrogens (tertiary/aromatic N) is 3. The van der Waals surface area contributed by atoms with E-state index < -0.39 is 0 Å². The van der Waals surface area contributed by atoms with E-state index in [1.165, 1.54) is 0 Å². The molecule has 0 bridgehead atoms. The normalized spacial score (nSPS) is 24.7. The Labute approximate surface area is 193 Å². The Kier molecular flexibility index (Phi) is 7.59. The van der Waals surface area contributed by atoms with Gasteiger partial charge < -0.3 is 24.6 Å². The smallest absolute Gasteiger partial charge is 0.290 e. The van der Waals surface area contributed by atoms with Gasteiger partial charge in [0.15, 0.2) is 0 Å². The van der Waals surface area contributed by atoms with Crippen molar-refractivity contribution in [3.8, 4) is 5.75 Å². The molecule has 8 heteroatoms. The van der Waals surface area contributed by atoms with Crippen LogP contribution in [0.1, 0.15) is 24.4 Å². The van der Waals surface area contributed by atoms with E-state index in [1.807, 2.05) is 42.7 Å². The van der Waals surface area contributed by atoms with Gasteiger partial charge in [0, 0.05) is 25.2 Å². The van der Waals surface area contributed by atoms with Gasteiger partial charge in [0.2, 0.25) is 0 Å². The van der Waals surface area contributed by atoms with Gasteiger partial charge in [-0.25, -0.2) is 4.98 Å². The number of carbonyl (C=O) groups is 1. The largest absolute Gasteiger partial charge is 0.491 e. The summed E-state index contributed by atoms with van der Waals surface area (Å²) in [6, 6.07) is 16.3. The lowest BCUT2D eigenvalue weighted by Crippen LogP contribution is -2.36. The van der Waals surface area contributed by atoms with Crippen molar-refractivity contribution in [2.75, 3.05) is 26.3 Å². The fraction of sp³-hybridized carbons (Fsp3) is 0.440. The SMILES string of the molecule is O=CO.OCCOc1ccccc1CN1C[C@H]2C[C@@H](n3cnc4ccccc43)[C@H](O)C[C@H]2C1. The second kappa shape index (κ2) is 10.8. The van der Waals surface area contributed by atoms with Gasteiger partial charge in [-0.2, -0.15) is 0 Å². The molecular weight excluding hydrogens is 422 g/mol. The zero-order valence-electron chi connectivity index (χ0n) is 18.5. The minimum Gasteiger partial charge on any atom is -0.491 e. The van der Waals surface area contributed by atoms with Crippen molar-refractivity contribution < 1.29 is 24.9 Å². The Morgan fingerprint density at radius 3 is 2.55 bits per heavy atom. The molecule has 8 nitrogen and oxygen atoms in total. The van der Waals surface area contributed by atoms with Crippen molar-refractivity contribution in [3.63, 3.8) is 0 Å². The molecule has 33 heavy (non-hydrogen) atoms. The number of carboxylic acid groups (broad SMARTS) is 1. The van der Waals surface area contributed by atoms with Gasteiger partial charge in [0.1, 0.15) is 12.4 Å². The van der Waals surface area contributed by atoms with E-state index in [-0.39, 0.29) is 25.2 Å². The fourth-order valence-electron chi connectivity index (χ4n) is 5.35. The van der Waals surface area contributed by atoms with Crippen LogP contribution in [0, 0.1) is 11.8 Å². The molecule has 0 unspecified atom stereocenters. The average molecular weight is 454 g/mol. The number of para-hydroxylation sites is 3. The molecule has 4 atom stereocenters. The van der Waals surface area contributed by atoms with Crippen LogP contribution >= 0.6 is 0 Å². The van der Waals surface area contributed by atoms with E-state index in [4.69, 9.17) is 19.7 Å². The minimum atomic E-state index is -0.344. The van der Waals surface area contributed by atoms with E-state index in [0.717, 1.165) is 54.8 Å². The third-order valence-electron chi connectivity index (χ3n) is 6.74. The summed E-state index contributed by atoms with van der Waals surface area (Å²) in [6.07, 6.45) is 3.36. The topological polar surface area (TPSA) is 108 Å². The summed E-state index contributed by atoms with van der Waals surface area (Å²) in [7, 11) is 0. The van der Waals surface area contributed by atoms with Gasteiger partial charge in [-0.05, 0) is 42.9 Å². The first-order valence-electron chi connectivity index (χ1n) is 11.4. The highest BCUT2D eigenvalue weighted by Crippen LogP contribution is 2.42. The molecule has 0 amide bonds. The first kappa shape index (κ1) is 23.2. The third-order valence-corrected chi connectivity index (χ3v) is 6.74. The van der Waals surface area contributed by atoms with Crippen LogP contribution in [0.15, 0.2) is 54.9 Å². The van der Waals surface area contributed by atoms with E-state index in [9.17, 15) is 5.11 Å².